The molecule has 0 aliphatic heterocycles. The molecule has 3 heteroatoms. The fourth-order valence-electron chi connectivity index (χ4n) is 2.45. The van der Waals surface area contributed by atoms with E-state index >= 15 is 0 Å². The molecule has 0 saturated heterocycles. The number of hydrogen-bond acceptors (Lipinski definition) is 3. The first-order chi connectivity index (χ1) is 10.1. The summed E-state index contributed by atoms with van der Waals surface area (Å²) < 4.78 is 0. The summed E-state index contributed by atoms with van der Waals surface area (Å²) in [5, 5.41) is 12.5. The average molecular weight is 279 g/mol. The van der Waals surface area contributed by atoms with Gasteiger partial charge in [0.05, 0.1) is 23.4 Å². The van der Waals surface area contributed by atoms with Gasteiger partial charge in [-0.3, -0.25) is 4.98 Å². The largest absolute Gasteiger partial charge is 0.304 e. The third-order valence-corrected chi connectivity index (χ3v) is 3.59. The van der Waals surface area contributed by atoms with Gasteiger partial charge in [-0.1, -0.05) is 32.0 Å². The van der Waals surface area contributed by atoms with Gasteiger partial charge in [0.15, 0.2) is 0 Å². The molecule has 1 heterocycles. The van der Waals surface area contributed by atoms with Crippen LogP contribution in [0, 0.1) is 24.2 Å². The van der Waals surface area contributed by atoms with Crippen molar-refractivity contribution < 1.29 is 0 Å². The number of hydrogen-bond donors (Lipinski definition) is 1. The van der Waals surface area contributed by atoms with Crippen LogP contribution in [0.2, 0.25) is 0 Å². The molecule has 1 aromatic carbocycles. The van der Waals surface area contributed by atoms with Gasteiger partial charge in [-0.15, -0.1) is 0 Å². The number of aromatic nitrogens is 1. The van der Waals surface area contributed by atoms with Crippen LogP contribution < -0.4 is 5.32 Å². The summed E-state index contributed by atoms with van der Waals surface area (Å²) in [4.78, 5) is 4.53. The highest BCUT2D eigenvalue weighted by Gasteiger charge is 2.18. The summed E-state index contributed by atoms with van der Waals surface area (Å²) in [5.41, 5.74) is 4.12. The molecule has 0 amide bonds. The van der Waals surface area contributed by atoms with Crippen molar-refractivity contribution in [2.75, 3.05) is 0 Å². The van der Waals surface area contributed by atoms with Crippen molar-refractivity contribution in [1.82, 2.24) is 10.3 Å². The Morgan fingerprint density at radius 2 is 2.05 bits per heavy atom. The second-order valence-electron chi connectivity index (χ2n) is 5.62. The van der Waals surface area contributed by atoms with E-state index in [0.29, 0.717) is 11.5 Å². The maximum atomic E-state index is 8.96. The van der Waals surface area contributed by atoms with Crippen LogP contribution >= 0.6 is 0 Å². The molecule has 0 radical (unpaired) electrons. The van der Waals surface area contributed by atoms with Gasteiger partial charge in [0, 0.05) is 12.7 Å². The molecule has 21 heavy (non-hydrogen) atoms. The molecule has 0 aliphatic carbocycles. The highest BCUT2D eigenvalue weighted by molar-refractivity contribution is 5.32. The maximum absolute atomic E-state index is 8.96. The van der Waals surface area contributed by atoms with Gasteiger partial charge in [-0.05, 0) is 42.2 Å². The minimum Gasteiger partial charge on any atom is -0.304 e. The van der Waals surface area contributed by atoms with E-state index in [2.05, 4.69) is 43.2 Å². The molecule has 2 aromatic rings. The fourth-order valence-corrected chi connectivity index (χ4v) is 2.45. The van der Waals surface area contributed by atoms with Crippen molar-refractivity contribution in [3.05, 3.63) is 65.0 Å². The van der Waals surface area contributed by atoms with Crippen molar-refractivity contribution in [2.45, 2.75) is 33.4 Å². The van der Waals surface area contributed by atoms with Gasteiger partial charge in [-0.2, -0.15) is 5.26 Å². The molecule has 1 aromatic heterocycles. The predicted molar refractivity (Wildman–Crippen MR) is 84.5 cm³/mol. The number of benzene rings is 1. The normalized spacial score (nSPS) is 12.1. The average Bonchev–Trinajstić information content (AvgIpc) is 2.49. The highest BCUT2D eigenvalue weighted by Crippen LogP contribution is 2.23. The van der Waals surface area contributed by atoms with Crippen LogP contribution in [0.15, 0.2) is 42.6 Å². The van der Waals surface area contributed by atoms with Crippen LogP contribution in [0.25, 0.3) is 0 Å². The predicted octanol–water partition coefficient (Wildman–Crippen LogP) is 3.75. The molecule has 1 N–H and O–H groups in total. The van der Waals surface area contributed by atoms with Crippen molar-refractivity contribution >= 4 is 0 Å². The van der Waals surface area contributed by atoms with Crippen molar-refractivity contribution in [3.8, 4) is 6.07 Å². The minimum absolute atomic E-state index is 0.206. The molecular formula is C18H21N3. The van der Waals surface area contributed by atoms with E-state index in [4.69, 9.17) is 5.26 Å². The Hall–Kier alpha value is -2.18. The van der Waals surface area contributed by atoms with E-state index in [1.54, 1.807) is 0 Å². The van der Waals surface area contributed by atoms with Crippen molar-refractivity contribution in [3.63, 3.8) is 0 Å². The summed E-state index contributed by atoms with van der Waals surface area (Å²) in [7, 11) is 0. The fraction of sp³-hybridized carbons (Fsp3) is 0.333. The minimum atomic E-state index is 0.206. The summed E-state index contributed by atoms with van der Waals surface area (Å²) >= 11 is 0. The van der Waals surface area contributed by atoms with Crippen LogP contribution in [-0.4, -0.2) is 4.98 Å². The number of nitriles is 1. The lowest BCUT2D eigenvalue weighted by molar-refractivity contribution is 0.400. The molecule has 1 unspecified atom stereocenters. The summed E-state index contributed by atoms with van der Waals surface area (Å²) in [6, 6.07) is 14.2. The zero-order valence-electron chi connectivity index (χ0n) is 12.8. The number of nitrogens with zero attached hydrogens (tertiary/aromatic N) is 2. The lowest BCUT2D eigenvalue weighted by atomic mass is 9.97. The van der Waals surface area contributed by atoms with Crippen LogP contribution in [0.5, 0.6) is 0 Å². The van der Waals surface area contributed by atoms with Gasteiger partial charge in [0.25, 0.3) is 0 Å². The molecule has 0 fully saturated rings. The monoisotopic (exact) mass is 279 g/mol. The quantitative estimate of drug-likeness (QED) is 0.906. The Morgan fingerprint density at radius 1 is 1.24 bits per heavy atom. The van der Waals surface area contributed by atoms with E-state index in [1.165, 1.54) is 5.56 Å². The zero-order valence-corrected chi connectivity index (χ0v) is 12.8. The first-order valence-electron chi connectivity index (χ1n) is 7.25. The van der Waals surface area contributed by atoms with Crippen LogP contribution in [-0.2, 0) is 6.54 Å². The number of pyridine rings is 1. The highest BCUT2D eigenvalue weighted by atomic mass is 14.9. The Balaban J connectivity index is 2.14. The van der Waals surface area contributed by atoms with E-state index < -0.39 is 0 Å². The lowest BCUT2D eigenvalue weighted by Crippen LogP contribution is -2.27. The molecule has 0 aliphatic rings. The van der Waals surface area contributed by atoms with Gasteiger partial charge in [-0.25, -0.2) is 0 Å². The van der Waals surface area contributed by atoms with Gasteiger partial charge in [0.1, 0.15) is 0 Å². The summed E-state index contributed by atoms with van der Waals surface area (Å²) in [5.74, 6) is 0.442. The Bertz CT molecular complexity index is 641. The van der Waals surface area contributed by atoms with E-state index in [-0.39, 0.29) is 6.04 Å². The summed E-state index contributed by atoms with van der Waals surface area (Å²) in [6.45, 7) is 7.21. The third-order valence-electron chi connectivity index (χ3n) is 3.59. The molecular weight excluding hydrogens is 258 g/mol. The number of aryl methyl sites for hydroxylation is 1. The summed E-state index contributed by atoms with van der Waals surface area (Å²) in [6.07, 6.45) is 1.84. The molecule has 2 rings (SSSR count). The first kappa shape index (κ1) is 15.2. The van der Waals surface area contributed by atoms with Crippen molar-refractivity contribution in [1.29, 1.82) is 5.26 Å². The number of nitrogens with one attached hydrogen (secondary N) is 1. The van der Waals surface area contributed by atoms with Gasteiger partial charge < -0.3 is 5.32 Å². The van der Waals surface area contributed by atoms with Crippen LogP contribution in [0.1, 0.15) is 42.3 Å². The Kier molecular flexibility index (Phi) is 5.08. The second kappa shape index (κ2) is 7.01. The van der Waals surface area contributed by atoms with E-state index in [9.17, 15) is 0 Å². The zero-order chi connectivity index (χ0) is 15.2. The van der Waals surface area contributed by atoms with Gasteiger partial charge in [0.2, 0.25) is 0 Å². The maximum Gasteiger partial charge on any atom is 0.0991 e. The van der Waals surface area contributed by atoms with Gasteiger partial charge >= 0.3 is 0 Å². The Morgan fingerprint density at radius 3 is 2.71 bits per heavy atom. The smallest absolute Gasteiger partial charge is 0.0991 e. The standard InChI is InChI=1S/C18H21N3/c1-13(2)17(18-14(3)6-5-9-20-18)21-12-16-8-4-7-15(10-16)11-19/h4-10,13,17,21H,12H2,1-3H3. The molecule has 3 nitrogen and oxygen atoms in total. The van der Waals surface area contributed by atoms with E-state index in [0.717, 1.165) is 17.8 Å². The Labute approximate surface area is 126 Å². The van der Waals surface area contributed by atoms with E-state index in [1.807, 2.05) is 36.5 Å². The SMILES string of the molecule is Cc1cccnc1C(NCc1cccc(C#N)c1)C(C)C. The molecule has 0 spiro atoms. The molecule has 108 valence electrons. The molecule has 0 bridgehead atoms. The number of rotatable bonds is 5. The first-order valence-corrected chi connectivity index (χ1v) is 7.25. The molecule has 0 saturated carbocycles. The molecule has 1 atom stereocenters. The van der Waals surface area contributed by atoms with Crippen LogP contribution in [0.3, 0.4) is 0 Å². The topological polar surface area (TPSA) is 48.7 Å². The second-order valence-corrected chi connectivity index (χ2v) is 5.62. The van der Waals surface area contributed by atoms with Crippen LogP contribution in [0.4, 0.5) is 0 Å². The van der Waals surface area contributed by atoms with Crippen molar-refractivity contribution in [2.24, 2.45) is 5.92 Å². The lowest BCUT2D eigenvalue weighted by Gasteiger charge is -2.23. The third kappa shape index (κ3) is 3.90.